The Morgan fingerprint density at radius 3 is 2.74 bits per heavy atom. The maximum atomic E-state index is 13.6. The number of carbonyl (C=O) groups is 1. The van der Waals surface area contributed by atoms with Crippen molar-refractivity contribution >= 4 is 23.0 Å². The van der Waals surface area contributed by atoms with Gasteiger partial charge in [-0.05, 0) is 36.2 Å². The molecule has 0 N–H and O–H groups in total. The van der Waals surface area contributed by atoms with Gasteiger partial charge in [-0.3, -0.25) is 9.48 Å². The van der Waals surface area contributed by atoms with Gasteiger partial charge in [-0.25, -0.2) is 13.8 Å². The third-order valence-electron chi connectivity index (χ3n) is 5.15. The minimum absolute atomic E-state index is 0.161. The first-order valence-corrected chi connectivity index (χ1v) is 9.78. The van der Waals surface area contributed by atoms with E-state index < -0.39 is 17.7 Å². The number of fused-ring (bicyclic) bond motifs is 1. The molecule has 0 saturated heterocycles. The zero-order chi connectivity index (χ0) is 22.0. The van der Waals surface area contributed by atoms with Gasteiger partial charge in [-0.15, -0.1) is 0 Å². The topological polar surface area (TPSA) is 74.3 Å². The normalized spacial score (nSPS) is 15.4. The van der Waals surface area contributed by atoms with E-state index in [0.717, 1.165) is 22.5 Å². The molecule has 1 aliphatic rings. The molecule has 8 heteroatoms. The molecule has 31 heavy (non-hydrogen) atoms. The Balaban J connectivity index is 1.38. The van der Waals surface area contributed by atoms with Gasteiger partial charge < -0.3 is 0 Å². The van der Waals surface area contributed by atoms with E-state index in [9.17, 15) is 18.8 Å². The molecule has 0 spiro atoms. The Morgan fingerprint density at radius 1 is 1.23 bits per heavy atom. The van der Waals surface area contributed by atoms with Crippen molar-refractivity contribution in [2.45, 2.75) is 31.8 Å². The molecule has 2 aromatic carbocycles. The monoisotopic (exact) mass is 419 g/mol. The van der Waals surface area contributed by atoms with E-state index in [2.05, 4.69) is 22.8 Å². The Morgan fingerprint density at radius 2 is 2.00 bits per heavy atom. The highest BCUT2D eigenvalue weighted by molar-refractivity contribution is 5.84. The molecule has 156 valence electrons. The van der Waals surface area contributed by atoms with Crippen LogP contribution in [0.25, 0.3) is 10.9 Å². The van der Waals surface area contributed by atoms with Gasteiger partial charge in [0.25, 0.3) is 0 Å². The predicted molar refractivity (Wildman–Crippen MR) is 112 cm³/mol. The molecule has 1 unspecified atom stereocenters. The first-order chi connectivity index (χ1) is 14.9. The van der Waals surface area contributed by atoms with Gasteiger partial charge in [0.05, 0.1) is 29.7 Å². The number of aromatic nitrogens is 2. The van der Waals surface area contributed by atoms with Crippen molar-refractivity contribution in [2.24, 2.45) is 5.10 Å². The highest BCUT2D eigenvalue weighted by Gasteiger charge is 2.28. The number of nitriles is 1. The molecule has 3 aromatic rings. The van der Waals surface area contributed by atoms with Crippen molar-refractivity contribution in [1.29, 1.82) is 5.26 Å². The molecule has 1 aromatic heterocycles. The van der Waals surface area contributed by atoms with Gasteiger partial charge in [0.2, 0.25) is 5.91 Å². The summed E-state index contributed by atoms with van der Waals surface area (Å²) in [7, 11) is 0. The smallest absolute Gasteiger partial charge is 0.243 e. The lowest BCUT2D eigenvalue weighted by Gasteiger charge is -2.22. The molecule has 0 saturated carbocycles. The van der Waals surface area contributed by atoms with Crippen molar-refractivity contribution in [1.82, 2.24) is 14.8 Å². The van der Waals surface area contributed by atoms with Crippen LogP contribution in [0, 0.1) is 23.0 Å². The Kier molecular flexibility index (Phi) is 5.58. The maximum Gasteiger partial charge on any atom is 0.243 e. The van der Waals surface area contributed by atoms with Crippen LogP contribution in [0.5, 0.6) is 0 Å². The lowest BCUT2D eigenvalue weighted by atomic mass is 10.0. The van der Waals surface area contributed by atoms with E-state index in [1.54, 1.807) is 29.2 Å². The summed E-state index contributed by atoms with van der Waals surface area (Å²) in [6.07, 6.45) is 4.34. The first-order valence-electron chi connectivity index (χ1n) is 9.78. The van der Waals surface area contributed by atoms with E-state index in [0.29, 0.717) is 30.5 Å². The van der Waals surface area contributed by atoms with Gasteiger partial charge >= 0.3 is 0 Å². The van der Waals surface area contributed by atoms with Gasteiger partial charge in [0.1, 0.15) is 11.6 Å². The molecule has 2 heterocycles. The van der Waals surface area contributed by atoms with Crippen LogP contribution in [-0.2, 0) is 11.3 Å². The van der Waals surface area contributed by atoms with Crippen molar-refractivity contribution in [3.05, 3.63) is 77.5 Å². The van der Waals surface area contributed by atoms with Crippen molar-refractivity contribution in [3.8, 4) is 6.07 Å². The average Bonchev–Trinajstić information content (AvgIpc) is 3.37. The van der Waals surface area contributed by atoms with Crippen LogP contribution < -0.4 is 0 Å². The van der Waals surface area contributed by atoms with Crippen LogP contribution in [0.2, 0.25) is 0 Å². The summed E-state index contributed by atoms with van der Waals surface area (Å²) in [6, 6.07) is 10.2. The van der Waals surface area contributed by atoms with Crippen LogP contribution in [0.15, 0.2) is 59.8 Å². The van der Waals surface area contributed by atoms with Crippen LogP contribution >= 0.6 is 0 Å². The quantitative estimate of drug-likeness (QED) is 0.553. The van der Waals surface area contributed by atoms with Crippen molar-refractivity contribution in [2.75, 3.05) is 0 Å². The molecule has 6 nitrogen and oxygen atoms in total. The van der Waals surface area contributed by atoms with Crippen molar-refractivity contribution < 1.29 is 13.6 Å². The molecule has 0 bridgehead atoms. The second kappa shape index (κ2) is 8.48. The number of nitrogens with zero attached hydrogens (tertiary/aromatic N) is 5. The van der Waals surface area contributed by atoms with E-state index in [4.69, 9.17) is 0 Å². The number of allylic oxidation sites excluding steroid dienone is 1. The minimum Gasteiger partial charge on any atom is -0.273 e. The van der Waals surface area contributed by atoms with Gasteiger partial charge in [-0.1, -0.05) is 18.2 Å². The number of rotatable bonds is 6. The fourth-order valence-corrected chi connectivity index (χ4v) is 3.68. The number of hydrogen-bond acceptors (Lipinski definition) is 4. The minimum atomic E-state index is -0.686. The number of benzene rings is 2. The van der Waals surface area contributed by atoms with Crippen LogP contribution in [0.4, 0.5) is 8.78 Å². The Labute approximate surface area is 177 Å². The zero-order valence-electron chi connectivity index (χ0n) is 16.6. The van der Waals surface area contributed by atoms with E-state index in [1.165, 1.54) is 17.1 Å². The number of halogens is 2. The Bertz CT molecular complexity index is 1220. The maximum absolute atomic E-state index is 13.6. The summed E-state index contributed by atoms with van der Waals surface area (Å²) in [5.41, 5.74) is 2.44. The molecule has 1 amide bonds. The lowest BCUT2D eigenvalue weighted by molar-refractivity contribution is -0.133. The summed E-state index contributed by atoms with van der Waals surface area (Å²) >= 11 is 0. The highest BCUT2D eigenvalue weighted by atomic mass is 19.1. The standard InChI is InChI=1S/C23H19F2N5O/c1-15(13-29-14-20-16(12-26)3-2-4-21(20)28-29)5-6-23(31)30-22(7-8-27-30)17-9-18(24)11-19(25)10-17/h2-4,8-11,14,22H,1,5-7,13H2. The molecular formula is C23H19F2N5O. The third kappa shape index (κ3) is 4.36. The number of carbonyl (C=O) groups excluding carboxylic acids is 1. The molecule has 0 aliphatic carbocycles. The summed E-state index contributed by atoms with van der Waals surface area (Å²) < 4.78 is 28.8. The van der Waals surface area contributed by atoms with Crippen LogP contribution in [0.3, 0.4) is 0 Å². The number of hydrazone groups is 1. The molecule has 4 rings (SSSR count). The van der Waals surface area contributed by atoms with Gasteiger partial charge in [0, 0.05) is 36.7 Å². The average molecular weight is 419 g/mol. The fourth-order valence-electron chi connectivity index (χ4n) is 3.68. The molecule has 0 fully saturated rings. The summed E-state index contributed by atoms with van der Waals surface area (Å²) in [4.78, 5) is 12.7. The Hall–Kier alpha value is -3.86. The van der Waals surface area contributed by atoms with E-state index in [-0.39, 0.29) is 12.3 Å². The third-order valence-corrected chi connectivity index (χ3v) is 5.15. The first kappa shape index (κ1) is 20.4. The summed E-state index contributed by atoms with van der Waals surface area (Å²) in [5, 5.41) is 19.8. The van der Waals surface area contributed by atoms with E-state index >= 15 is 0 Å². The lowest BCUT2D eigenvalue weighted by Crippen LogP contribution is -2.27. The van der Waals surface area contributed by atoms with Crippen molar-refractivity contribution in [3.63, 3.8) is 0 Å². The number of amides is 1. The van der Waals surface area contributed by atoms with Gasteiger partial charge in [-0.2, -0.15) is 15.5 Å². The number of hydrogen-bond donors (Lipinski definition) is 0. The largest absolute Gasteiger partial charge is 0.273 e. The van der Waals surface area contributed by atoms with Crippen LogP contribution in [-0.4, -0.2) is 26.9 Å². The molecule has 1 aliphatic heterocycles. The second-order valence-electron chi connectivity index (χ2n) is 7.42. The second-order valence-corrected chi connectivity index (χ2v) is 7.42. The SMILES string of the molecule is C=C(CCC(=O)N1N=CCC1c1cc(F)cc(F)c1)Cn1cc2c(C#N)cccc2n1. The fraction of sp³-hybridized carbons (Fsp3) is 0.217. The predicted octanol–water partition coefficient (Wildman–Crippen LogP) is 4.48. The zero-order valence-corrected chi connectivity index (χ0v) is 16.6. The highest BCUT2D eigenvalue weighted by Crippen LogP contribution is 2.30. The van der Waals surface area contributed by atoms with E-state index in [1.807, 2.05) is 6.07 Å². The molecular weight excluding hydrogens is 400 g/mol. The van der Waals surface area contributed by atoms with Crippen LogP contribution in [0.1, 0.15) is 36.4 Å². The molecule has 0 radical (unpaired) electrons. The van der Waals surface area contributed by atoms with Gasteiger partial charge in [0.15, 0.2) is 0 Å². The molecule has 1 atom stereocenters. The summed E-state index contributed by atoms with van der Waals surface area (Å²) in [6.45, 7) is 4.44. The summed E-state index contributed by atoms with van der Waals surface area (Å²) in [5.74, 6) is -1.62.